The second kappa shape index (κ2) is 5.83. The molecule has 112 valence electrons. The molecule has 1 saturated carbocycles. The lowest BCUT2D eigenvalue weighted by Gasteiger charge is -2.33. The number of hydrogen-bond donors (Lipinski definition) is 2. The molecule has 0 unspecified atom stereocenters. The minimum absolute atomic E-state index is 0.141. The van der Waals surface area contributed by atoms with E-state index in [4.69, 9.17) is 5.11 Å². The highest BCUT2D eigenvalue weighted by Gasteiger charge is 2.32. The lowest BCUT2D eigenvalue weighted by molar-refractivity contribution is -0.136. The molecule has 2 N–H and O–H groups in total. The van der Waals surface area contributed by atoms with Gasteiger partial charge in [0.25, 0.3) is 10.0 Å². The first kappa shape index (κ1) is 15.5. The maximum Gasteiger partial charge on any atom is 0.308 e. The third-order valence-corrected chi connectivity index (χ3v) is 6.78. The van der Waals surface area contributed by atoms with Crippen LogP contribution in [0.25, 0.3) is 0 Å². The highest BCUT2D eigenvalue weighted by atomic mass is 32.2. The van der Waals surface area contributed by atoms with Crippen LogP contribution in [0.4, 0.5) is 0 Å². The fraction of sp³-hybridized carbons (Fsp3) is 0.615. The van der Waals surface area contributed by atoms with Crippen molar-refractivity contribution in [2.24, 2.45) is 0 Å². The fourth-order valence-electron chi connectivity index (χ4n) is 2.56. The van der Waals surface area contributed by atoms with E-state index in [2.05, 4.69) is 4.72 Å². The largest absolute Gasteiger partial charge is 0.481 e. The molecule has 1 heterocycles. The molecule has 1 aromatic heterocycles. The van der Waals surface area contributed by atoms with E-state index in [1.807, 2.05) is 6.92 Å². The van der Waals surface area contributed by atoms with E-state index in [0.717, 1.165) is 43.4 Å². The van der Waals surface area contributed by atoms with Gasteiger partial charge in [-0.25, -0.2) is 13.1 Å². The number of thiophene rings is 1. The van der Waals surface area contributed by atoms with Crippen LogP contribution in [-0.4, -0.2) is 25.0 Å². The van der Waals surface area contributed by atoms with Crippen molar-refractivity contribution < 1.29 is 18.3 Å². The van der Waals surface area contributed by atoms with E-state index in [1.165, 1.54) is 6.07 Å². The zero-order valence-electron chi connectivity index (χ0n) is 11.4. The fourth-order valence-corrected chi connectivity index (χ4v) is 5.37. The number of nitrogens with one attached hydrogen (secondary N) is 1. The molecule has 7 heteroatoms. The molecule has 1 fully saturated rings. The Kier molecular flexibility index (Phi) is 4.51. The van der Waals surface area contributed by atoms with Gasteiger partial charge in [0.15, 0.2) is 0 Å². The number of hydrogen-bond acceptors (Lipinski definition) is 4. The molecular weight excluding hydrogens is 298 g/mol. The third-order valence-electron chi connectivity index (χ3n) is 3.57. The third kappa shape index (κ3) is 3.80. The highest BCUT2D eigenvalue weighted by molar-refractivity contribution is 7.91. The SMILES string of the molecule is CC1(NS(=O)(=O)c2ccc(CC(=O)O)s2)CCCCC1. The Balaban J connectivity index is 2.13. The Labute approximate surface area is 123 Å². The van der Waals surface area contributed by atoms with Crippen molar-refractivity contribution in [2.75, 3.05) is 0 Å². The predicted octanol–water partition coefficient (Wildman–Crippen LogP) is 2.38. The number of carbonyl (C=O) groups is 1. The first-order chi connectivity index (χ1) is 9.31. The summed E-state index contributed by atoms with van der Waals surface area (Å²) in [5.74, 6) is -0.956. The van der Waals surface area contributed by atoms with E-state index >= 15 is 0 Å². The van der Waals surface area contributed by atoms with Gasteiger partial charge in [-0.2, -0.15) is 0 Å². The molecule has 0 spiro atoms. The topological polar surface area (TPSA) is 83.5 Å². The van der Waals surface area contributed by atoms with Gasteiger partial charge in [-0.3, -0.25) is 4.79 Å². The second-order valence-corrected chi connectivity index (χ2v) is 8.60. The quantitative estimate of drug-likeness (QED) is 0.873. The van der Waals surface area contributed by atoms with Crippen LogP contribution in [0.3, 0.4) is 0 Å². The van der Waals surface area contributed by atoms with Crippen LogP contribution in [0.1, 0.15) is 43.9 Å². The zero-order valence-corrected chi connectivity index (χ0v) is 13.0. The average Bonchev–Trinajstić information content (AvgIpc) is 2.77. The number of sulfonamides is 1. The van der Waals surface area contributed by atoms with Crippen LogP contribution in [0.5, 0.6) is 0 Å². The second-order valence-electron chi connectivity index (χ2n) is 5.52. The minimum Gasteiger partial charge on any atom is -0.481 e. The molecule has 0 aliphatic heterocycles. The molecule has 20 heavy (non-hydrogen) atoms. The van der Waals surface area contributed by atoms with E-state index in [0.29, 0.717) is 4.88 Å². The molecule has 0 saturated heterocycles. The van der Waals surface area contributed by atoms with Gasteiger partial charge in [-0.1, -0.05) is 19.3 Å². The van der Waals surface area contributed by atoms with E-state index in [9.17, 15) is 13.2 Å². The van der Waals surface area contributed by atoms with Crippen molar-refractivity contribution in [3.63, 3.8) is 0 Å². The maximum absolute atomic E-state index is 12.4. The molecule has 2 rings (SSSR count). The number of carboxylic acids is 1. The summed E-state index contributed by atoms with van der Waals surface area (Å²) in [6, 6.07) is 3.05. The molecule has 0 aromatic carbocycles. The molecule has 1 aliphatic rings. The van der Waals surface area contributed by atoms with Crippen molar-refractivity contribution in [1.29, 1.82) is 0 Å². The van der Waals surface area contributed by atoms with Gasteiger partial charge in [-0.15, -0.1) is 11.3 Å². The standard InChI is InChI=1S/C13H19NO4S2/c1-13(7-3-2-4-8-13)14-20(17,18)12-6-5-10(19-12)9-11(15)16/h5-6,14H,2-4,7-9H2,1H3,(H,15,16). The first-order valence-corrected chi connectivity index (χ1v) is 8.95. The van der Waals surface area contributed by atoms with Crippen molar-refractivity contribution >= 4 is 27.3 Å². The Morgan fingerprint density at radius 3 is 2.60 bits per heavy atom. The van der Waals surface area contributed by atoms with E-state index in [1.54, 1.807) is 6.07 Å². The normalized spacial score (nSPS) is 18.9. The van der Waals surface area contributed by atoms with Gasteiger partial charge in [0.05, 0.1) is 6.42 Å². The summed E-state index contributed by atoms with van der Waals surface area (Å²) in [4.78, 5) is 11.2. The molecular formula is C13H19NO4S2. The Morgan fingerprint density at radius 2 is 2.00 bits per heavy atom. The number of rotatable bonds is 5. The van der Waals surface area contributed by atoms with Crippen molar-refractivity contribution in [3.05, 3.63) is 17.0 Å². The summed E-state index contributed by atoms with van der Waals surface area (Å²) < 4.78 is 27.7. The number of aliphatic carboxylic acids is 1. The smallest absolute Gasteiger partial charge is 0.308 e. The molecule has 0 bridgehead atoms. The molecule has 0 radical (unpaired) electrons. The van der Waals surface area contributed by atoms with Gasteiger partial charge < -0.3 is 5.11 Å². The van der Waals surface area contributed by atoms with Gasteiger partial charge in [0.1, 0.15) is 4.21 Å². The van der Waals surface area contributed by atoms with Gasteiger partial charge in [0.2, 0.25) is 0 Å². The summed E-state index contributed by atoms with van der Waals surface area (Å²) in [5, 5.41) is 8.72. The molecule has 1 aliphatic carbocycles. The Hall–Kier alpha value is -0.920. The lowest BCUT2D eigenvalue weighted by atomic mass is 9.84. The number of carboxylic acid groups (broad SMARTS) is 1. The van der Waals surface area contributed by atoms with Crippen molar-refractivity contribution in [1.82, 2.24) is 4.72 Å². The van der Waals surface area contributed by atoms with Crippen LogP contribution >= 0.6 is 11.3 Å². The van der Waals surface area contributed by atoms with E-state index in [-0.39, 0.29) is 16.2 Å². The van der Waals surface area contributed by atoms with Gasteiger partial charge in [-0.05, 0) is 31.9 Å². The molecule has 0 atom stereocenters. The van der Waals surface area contributed by atoms with Crippen LogP contribution in [0.15, 0.2) is 16.3 Å². The molecule has 0 amide bonds. The van der Waals surface area contributed by atoms with Crippen molar-refractivity contribution in [2.45, 2.75) is 55.2 Å². The highest BCUT2D eigenvalue weighted by Crippen LogP contribution is 2.30. The summed E-state index contributed by atoms with van der Waals surface area (Å²) >= 11 is 1.02. The van der Waals surface area contributed by atoms with Gasteiger partial charge in [0, 0.05) is 10.4 Å². The van der Waals surface area contributed by atoms with Crippen LogP contribution in [0.2, 0.25) is 0 Å². The Bertz CT molecular complexity index is 585. The minimum atomic E-state index is -3.56. The zero-order chi connectivity index (χ0) is 14.8. The van der Waals surface area contributed by atoms with Crippen LogP contribution in [-0.2, 0) is 21.2 Å². The first-order valence-electron chi connectivity index (χ1n) is 6.65. The van der Waals surface area contributed by atoms with E-state index < -0.39 is 16.0 Å². The lowest BCUT2D eigenvalue weighted by Crippen LogP contribution is -2.46. The summed E-state index contributed by atoms with van der Waals surface area (Å²) in [6.07, 6.45) is 4.77. The summed E-state index contributed by atoms with van der Waals surface area (Å²) in [5.41, 5.74) is -0.381. The molecule has 5 nitrogen and oxygen atoms in total. The predicted molar refractivity (Wildman–Crippen MR) is 77.5 cm³/mol. The monoisotopic (exact) mass is 317 g/mol. The molecule has 1 aromatic rings. The van der Waals surface area contributed by atoms with Crippen LogP contribution in [0, 0.1) is 0 Å². The van der Waals surface area contributed by atoms with Crippen LogP contribution < -0.4 is 4.72 Å². The van der Waals surface area contributed by atoms with Crippen molar-refractivity contribution in [3.8, 4) is 0 Å². The summed E-state index contributed by atoms with van der Waals surface area (Å²) in [7, 11) is -3.56. The Morgan fingerprint density at radius 1 is 1.35 bits per heavy atom. The van der Waals surface area contributed by atoms with Gasteiger partial charge >= 0.3 is 5.97 Å². The summed E-state index contributed by atoms with van der Waals surface area (Å²) in [6.45, 7) is 1.94. The average molecular weight is 317 g/mol. The maximum atomic E-state index is 12.4.